The molecule has 1 fully saturated rings. The van der Waals surface area contributed by atoms with Gasteiger partial charge in [-0.1, -0.05) is 12.8 Å². The van der Waals surface area contributed by atoms with E-state index in [0.29, 0.717) is 0 Å². The molecule has 2 unspecified atom stereocenters. The molecule has 1 heterocycles. The highest BCUT2D eigenvalue weighted by Gasteiger charge is 2.26. The van der Waals surface area contributed by atoms with Gasteiger partial charge in [-0.15, -0.1) is 21.5 Å². The average molecular weight is 184 g/mol. The zero-order valence-corrected chi connectivity index (χ0v) is 7.63. The van der Waals surface area contributed by atoms with Crippen LogP contribution in [0.1, 0.15) is 36.6 Å². The summed E-state index contributed by atoms with van der Waals surface area (Å²) >= 11 is 1.55. The molecule has 0 radical (unpaired) electrons. The van der Waals surface area contributed by atoms with Gasteiger partial charge in [0.15, 0.2) is 0 Å². The topological polar surface area (TPSA) is 46.0 Å². The molecule has 1 aromatic rings. The van der Waals surface area contributed by atoms with Crippen LogP contribution in [-0.2, 0) is 0 Å². The van der Waals surface area contributed by atoms with Gasteiger partial charge in [-0.05, 0) is 12.8 Å². The molecule has 66 valence electrons. The molecule has 0 aliphatic heterocycles. The lowest BCUT2D eigenvalue weighted by Gasteiger charge is -2.25. The maximum absolute atomic E-state index is 9.68. The van der Waals surface area contributed by atoms with Crippen molar-refractivity contribution >= 4 is 11.3 Å². The Hall–Kier alpha value is -0.480. The summed E-state index contributed by atoms with van der Waals surface area (Å²) in [6, 6.07) is 0. The molecule has 1 aromatic heterocycles. The van der Waals surface area contributed by atoms with Gasteiger partial charge in [0, 0.05) is 5.92 Å². The van der Waals surface area contributed by atoms with Crippen LogP contribution in [0, 0.1) is 0 Å². The van der Waals surface area contributed by atoms with Crippen molar-refractivity contribution in [3.63, 3.8) is 0 Å². The van der Waals surface area contributed by atoms with Crippen molar-refractivity contribution in [2.75, 3.05) is 0 Å². The predicted molar refractivity (Wildman–Crippen MR) is 47.1 cm³/mol. The molecular formula is C8H12N2OS. The van der Waals surface area contributed by atoms with Crippen molar-refractivity contribution in [1.29, 1.82) is 0 Å². The van der Waals surface area contributed by atoms with Crippen molar-refractivity contribution in [2.45, 2.75) is 37.7 Å². The second-order valence-corrected chi connectivity index (χ2v) is 4.10. The third kappa shape index (κ3) is 1.49. The molecular weight excluding hydrogens is 172 g/mol. The molecule has 1 saturated carbocycles. The van der Waals surface area contributed by atoms with Crippen molar-refractivity contribution in [3.05, 3.63) is 10.5 Å². The zero-order chi connectivity index (χ0) is 8.39. The Balaban J connectivity index is 2.11. The lowest BCUT2D eigenvalue weighted by molar-refractivity contribution is 0.106. The maximum Gasteiger partial charge on any atom is 0.122 e. The molecule has 0 bridgehead atoms. The first-order valence-electron chi connectivity index (χ1n) is 4.32. The fourth-order valence-corrected chi connectivity index (χ4v) is 2.49. The van der Waals surface area contributed by atoms with Crippen LogP contribution >= 0.6 is 11.3 Å². The zero-order valence-electron chi connectivity index (χ0n) is 6.81. The molecule has 0 saturated heterocycles. The summed E-state index contributed by atoms with van der Waals surface area (Å²) in [6.07, 6.45) is 4.16. The van der Waals surface area contributed by atoms with E-state index in [4.69, 9.17) is 0 Å². The van der Waals surface area contributed by atoms with Gasteiger partial charge in [0.25, 0.3) is 0 Å². The molecule has 3 nitrogen and oxygen atoms in total. The Morgan fingerprint density at radius 3 is 2.92 bits per heavy atom. The Morgan fingerprint density at radius 2 is 2.25 bits per heavy atom. The SMILES string of the molecule is OC1CCCCC1c1nncs1. The largest absolute Gasteiger partial charge is 0.392 e. The van der Waals surface area contributed by atoms with E-state index in [0.717, 1.165) is 24.3 Å². The second kappa shape index (κ2) is 3.49. The molecule has 2 atom stereocenters. The van der Waals surface area contributed by atoms with E-state index in [9.17, 15) is 5.11 Å². The predicted octanol–water partition coefficient (Wildman–Crippen LogP) is 1.56. The van der Waals surface area contributed by atoms with Crippen LogP contribution < -0.4 is 0 Å². The molecule has 0 amide bonds. The number of nitrogens with zero attached hydrogens (tertiary/aromatic N) is 2. The number of hydrogen-bond acceptors (Lipinski definition) is 4. The second-order valence-electron chi connectivity index (χ2n) is 3.24. The summed E-state index contributed by atoms with van der Waals surface area (Å²) in [6.45, 7) is 0. The van der Waals surface area contributed by atoms with Gasteiger partial charge in [0.05, 0.1) is 6.10 Å². The Bertz CT molecular complexity index is 237. The highest BCUT2D eigenvalue weighted by molar-refractivity contribution is 7.09. The fourth-order valence-electron chi connectivity index (χ4n) is 1.74. The van der Waals surface area contributed by atoms with Crippen molar-refractivity contribution < 1.29 is 5.11 Å². The summed E-state index contributed by atoms with van der Waals surface area (Å²) in [7, 11) is 0. The first-order chi connectivity index (χ1) is 5.88. The summed E-state index contributed by atoms with van der Waals surface area (Å²) in [5, 5.41) is 18.5. The third-order valence-electron chi connectivity index (χ3n) is 2.42. The molecule has 1 aliphatic rings. The lowest BCUT2D eigenvalue weighted by atomic mass is 9.87. The van der Waals surface area contributed by atoms with E-state index in [1.807, 2.05) is 0 Å². The normalized spacial score (nSPS) is 30.4. The van der Waals surface area contributed by atoms with Crippen LogP contribution in [0.25, 0.3) is 0 Å². The number of rotatable bonds is 1. The Labute approximate surface area is 75.5 Å². The van der Waals surface area contributed by atoms with Gasteiger partial charge in [-0.3, -0.25) is 0 Å². The fraction of sp³-hybridized carbons (Fsp3) is 0.750. The molecule has 1 N–H and O–H groups in total. The molecule has 2 rings (SSSR count). The van der Waals surface area contributed by atoms with Crippen LogP contribution in [0.4, 0.5) is 0 Å². The van der Waals surface area contributed by atoms with E-state index >= 15 is 0 Å². The standard InChI is InChI=1S/C8H12N2OS/c11-7-4-2-1-3-6(7)8-10-9-5-12-8/h5-7,11H,1-4H2. The van der Waals surface area contributed by atoms with Crippen molar-refractivity contribution in [3.8, 4) is 0 Å². The Morgan fingerprint density at radius 1 is 1.42 bits per heavy atom. The van der Waals surface area contributed by atoms with Crippen LogP contribution in [0.2, 0.25) is 0 Å². The van der Waals surface area contributed by atoms with Gasteiger partial charge in [-0.2, -0.15) is 0 Å². The number of aliphatic hydroxyl groups excluding tert-OH is 1. The lowest BCUT2D eigenvalue weighted by Crippen LogP contribution is -2.22. The van der Waals surface area contributed by atoms with Crippen LogP contribution in [0.15, 0.2) is 5.51 Å². The van der Waals surface area contributed by atoms with Gasteiger partial charge in [-0.25, -0.2) is 0 Å². The minimum absolute atomic E-state index is 0.188. The van der Waals surface area contributed by atoms with E-state index in [-0.39, 0.29) is 12.0 Å². The van der Waals surface area contributed by atoms with E-state index in [1.165, 1.54) is 6.42 Å². The van der Waals surface area contributed by atoms with Crippen LogP contribution in [-0.4, -0.2) is 21.4 Å². The molecule has 0 spiro atoms. The van der Waals surface area contributed by atoms with Crippen LogP contribution in [0.5, 0.6) is 0 Å². The van der Waals surface area contributed by atoms with E-state index in [2.05, 4.69) is 10.2 Å². The average Bonchev–Trinajstić information content (AvgIpc) is 2.57. The van der Waals surface area contributed by atoms with Gasteiger partial charge in [0.2, 0.25) is 0 Å². The van der Waals surface area contributed by atoms with E-state index < -0.39 is 0 Å². The maximum atomic E-state index is 9.68. The summed E-state index contributed by atoms with van der Waals surface area (Å²) in [5.41, 5.74) is 1.73. The van der Waals surface area contributed by atoms with Crippen molar-refractivity contribution in [1.82, 2.24) is 10.2 Å². The summed E-state index contributed by atoms with van der Waals surface area (Å²) < 4.78 is 0. The smallest absolute Gasteiger partial charge is 0.122 e. The minimum atomic E-state index is -0.188. The molecule has 0 aromatic carbocycles. The Kier molecular flexibility index (Phi) is 2.37. The number of aromatic nitrogens is 2. The number of aliphatic hydroxyl groups is 1. The highest BCUT2D eigenvalue weighted by atomic mass is 32.1. The van der Waals surface area contributed by atoms with Gasteiger partial charge < -0.3 is 5.11 Å². The first kappa shape index (κ1) is 8.13. The van der Waals surface area contributed by atoms with Gasteiger partial charge in [0.1, 0.15) is 10.5 Å². The van der Waals surface area contributed by atoms with Crippen molar-refractivity contribution in [2.24, 2.45) is 0 Å². The molecule has 1 aliphatic carbocycles. The summed E-state index contributed by atoms with van der Waals surface area (Å²) in [5.74, 6) is 0.256. The highest BCUT2D eigenvalue weighted by Crippen LogP contribution is 2.33. The minimum Gasteiger partial charge on any atom is -0.392 e. The quantitative estimate of drug-likeness (QED) is 0.720. The van der Waals surface area contributed by atoms with E-state index in [1.54, 1.807) is 16.8 Å². The number of hydrogen-bond donors (Lipinski definition) is 1. The third-order valence-corrected chi connectivity index (χ3v) is 3.25. The first-order valence-corrected chi connectivity index (χ1v) is 5.20. The summed E-state index contributed by atoms with van der Waals surface area (Å²) in [4.78, 5) is 0. The molecule has 4 heteroatoms. The van der Waals surface area contributed by atoms with Gasteiger partial charge >= 0.3 is 0 Å². The molecule has 12 heavy (non-hydrogen) atoms. The van der Waals surface area contributed by atoms with Crippen LogP contribution in [0.3, 0.4) is 0 Å². The monoisotopic (exact) mass is 184 g/mol.